The predicted molar refractivity (Wildman–Crippen MR) is 94.6 cm³/mol. The molecule has 0 saturated carbocycles. The summed E-state index contributed by atoms with van der Waals surface area (Å²) in [6.07, 6.45) is -0.158. The van der Waals surface area contributed by atoms with E-state index in [-0.39, 0.29) is 16.7 Å². The molecule has 0 amide bonds. The molecule has 10 heteroatoms. The molecule has 0 aliphatic carbocycles. The summed E-state index contributed by atoms with van der Waals surface area (Å²) in [7, 11) is -2.48. The number of rotatable bonds is 5. The highest BCUT2D eigenvalue weighted by molar-refractivity contribution is 7.89. The third-order valence-electron chi connectivity index (χ3n) is 3.99. The minimum atomic E-state index is -3.74. The van der Waals surface area contributed by atoms with Gasteiger partial charge in [0.25, 0.3) is 5.69 Å². The van der Waals surface area contributed by atoms with Gasteiger partial charge in [-0.25, -0.2) is 13.1 Å². The summed E-state index contributed by atoms with van der Waals surface area (Å²) >= 11 is 1.57. The zero-order chi connectivity index (χ0) is 18.0. The normalized spacial score (nSPS) is 18.3. The van der Waals surface area contributed by atoms with Crippen LogP contribution in [-0.2, 0) is 14.8 Å². The number of hydrogen-bond acceptors (Lipinski definition) is 7. The molecular weight excluding hydrogens is 366 g/mol. The molecule has 3 rings (SSSR count). The molecule has 1 fully saturated rings. The van der Waals surface area contributed by atoms with E-state index in [2.05, 4.69) is 4.72 Å². The number of benzene rings is 1. The molecule has 8 nitrogen and oxygen atoms in total. The molecule has 1 saturated heterocycles. The smallest absolute Gasteiger partial charge is 0.293 e. The zero-order valence-electron chi connectivity index (χ0n) is 13.4. The van der Waals surface area contributed by atoms with Crippen LogP contribution in [-0.4, -0.2) is 40.1 Å². The van der Waals surface area contributed by atoms with E-state index in [1.54, 1.807) is 11.3 Å². The van der Waals surface area contributed by atoms with E-state index in [1.165, 1.54) is 19.2 Å². The van der Waals surface area contributed by atoms with Crippen LogP contribution in [0.25, 0.3) is 0 Å². The molecule has 1 N–H and O–H groups in total. The van der Waals surface area contributed by atoms with Crippen LogP contribution in [0.15, 0.2) is 40.6 Å². The minimum Gasteiger partial charge on any atom is -0.369 e. The largest absolute Gasteiger partial charge is 0.369 e. The molecule has 1 atom stereocenters. The Morgan fingerprint density at radius 1 is 1.40 bits per heavy atom. The monoisotopic (exact) mass is 383 g/mol. The van der Waals surface area contributed by atoms with E-state index in [0.717, 1.165) is 10.9 Å². The molecule has 1 aliphatic rings. The number of morpholine rings is 1. The van der Waals surface area contributed by atoms with Crippen molar-refractivity contribution in [2.75, 3.05) is 31.6 Å². The van der Waals surface area contributed by atoms with Crippen molar-refractivity contribution in [3.05, 3.63) is 50.7 Å². The van der Waals surface area contributed by atoms with Crippen LogP contribution in [0.1, 0.15) is 11.0 Å². The Hall–Kier alpha value is -2.01. The van der Waals surface area contributed by atoms with Gasteiger partial charge < -0.3 is 9.64 Å². The molecule has 1 unspecified atom stereocenters. The van der Waals surface area contributed by atoms with Gasteiger partial charge in [0.1, 0.15) is 11.8 Å². The highest BCUT2D eigenvalue weighted by atomic mass is 32.2. The number of nitrogens with one attached hydrogen (secondary N) is 1. The maximum Gasteiger partial charge on any atom is 0.293 e. The molecule has 0 bridgehead atoms. The first kappa shape index (κ1) is 17.8. The average molecular weight is 383 g/mol. The van der Waals surface area contributed by atoms with Crippen molar-refractivity contribution in [3.63, 3.8) is 0 Å². The van der Waals surface area contributed by atoms with Crippen molar-refractivity contribution in [3.8, 4) is 0 Å². The predicted octanol–water partition coefficient (Wildman–Crippen LogP) is 2.14. The van der Waals surface area contributed by atoms with Gasteiger partial charge in [0, 0.05) is 24.0 Å². The van der Waals surface area contributed by atoms with Crippen LogP contribution in [0.5, 0.6) is 0 Å². The van der Waals surface area contributed by atoms with Crippen LogP contribution in [0.4, 0.5) is 11.4 Å². The minimum absolute atomic E-state index is 0.131. The Labute approximate surface area is 149 Å². The second-order valence-electron chi connectivity index (χ2n) is 5.44. The number of nitro groups is 1. The number of sulfonamides is 1. The van der Waals surface area contributed by atoms with Crippen LogP contribution >= 0.6 is 11.3 Å². The number of thiophene rings is 1. The summed E-state index contributed by atoms with van der Waals surface area (Å²) in [6.45, 7) is 1.41. The van der Waals surface area contributed by atoms with E-state index < -0.39 is 14.9 Å². The van der Waals surface area contributed by atoms with E-state index in [1.807, 2.05) is 22.4 Å². The standard InChI is InChI=1S/C15H17N3O5S2/c1-16-25(21,22)11-4-5-12(13(9-11)18(19)20)17-6-7-23-14(10-17)15-3-2-8-24-15/h2-5,8-9,14,16H,6-7,10H2,1H3. The topological polar surface area (TPSA) is 102 Å². The van der Waals surface area contributed by atoms with Crippen LogP contribution in [0.3, 0.4) is 0 Å². The first-order valence-electron chi connectivity index (χ1n) is 7.54. The maximum absolute atomic E-state index is 11.9. The lowest BCUT2D eigenvalue weighted by Crippen LogP contribution is -2.38. The Morgan fingerprint density at radius 3 is 2.84 bits per heavy atom. The van der Waals surface area contributed by atoms with E-state index in [9.17, 15) is 18.5 Å². The van der Waals surface area contributed by atoms with Crippen LogP contribution < -0.4 is 9.62 Å². The Morgan fingerprint density at radius 2 is 2.20 bits per heavy atom. The van der Waals surface area contributed by atoms with Gasteiger partial charge in [-0.1, -0.05) is 6.07 Å². The summed E-state index contributed by atoms with van der Waals surface area (Å²) in [5, 5.41) is 13.4. The SMILES string of the molecule is CNS(=O)(=O)c1ccc(N2CCOC(c3cccs3)C2)c([N+](=O)[O-])c1. The molecule has 2 aromatic rings. The Balaban J connectivity index is 1.94. The maximum atomic E-state index is 11.9. The van der Waals surface area contributed by atoms with Gasteiger partial charge in [0.2, 0.25) is 10.0 Å². The number of hydrogen-bond donors (Lipinski definition) is 1. The van der Waals surface area contributed by atoms with Crippen LogP contribution in [0, 0.1) is 10.1 Å². The molecule has 1 aromatic heterocycles. The molecule has 2 heterocycles. The molecule has 1 aliphatic heterocycles. The highest BCUT2D eigenvalue weighted by Crippen LogP contribution is 2.35. The summed E-state index contributed by atoms with van der Waals surface area (Å²) in [4.78, 5) is 13.7. The third kappa shape index (κ3) is 3.66. The van der Waals surface area contributed by atoms with Crippen molar-refractivity contribution in [1.82, 2.24) is 4.72 Å². The van der Waals surface area contributed by atoms with Crippen LogP contribution in [0.2, 0.25) is 0 Å². The lowest BCUT2D eigenvalue weighted by molar-refractivity contribution is -0.384. The number of anilines is 1. The summed E-state index contributed by atoms with van der Waals surface area (Å²) in [6, 6.07) is 7.86. The summed E-state index contributed by atoms with van der Waals surface area (Å²) in [5.74, 6) is 0. The molecule has 1 aromatic carbocycles. The first-order valence-corrected chi connectivity index (χ1v) is 9.90. The fraction of sp³-hybridized carbons (Fsp3) is 0.333. The van der Waals surface area contributed by atoms with Crippen molar-refractivity contribution in [2.45, 2.75) is 11.0 Å². The highest BCUT2D eigenvalue weighted by Gasteiger charge is 2.29. The number of nitro benzene ring substituents is 1. The van der Waals surface area contributed by atoms with Gasteiger partial charge >= 0.3 is 0 Å². The Kier molecular flexibility index (Phi) is 5.04. The van der Waals surface area contributed by atoms with Gasteiger partial charge in [-0.3, -0.25) is 10.1 Å². The van der Waals surface area contributed by atoms with Gasteiger partial charge in [0.05, 0.1) is 16.4 Å². The van der Waals surface area contributed by atoms with E-state index >= 15 is 0 Å². The summed E-state index contributed by atoms with van der Waals surface area (Å²) < 4.78 is 31.7. The fourth-order valence-corrected chi connectivity index (χ4v) is 4.23. The summed E-state index contributed by atoms with van der Waals surface area (Å²) in [5.41, 5.74) is 0.160. The van der Waals surface area contributed by atoms with E-state index in [4.69, 9.17) is 4.74 Å². The van der Waals surface area contributed by atoms with Crippen molar-refractivity contribution >= 4 is 32.7 Å². The first-order chi connectivity index (χ1) is 11.9. The Bertz CT molecular complexity index is 867. The lowest BCUT2D eigenvalue weighted by Gasteiger charge is -2.33. The van der Waals surface area contributed by atoms with Crippen molar-refractivity contribution in [2.24, 2.45) is 0 Å². The molecule has 134 valence electrons. The molecular formula is C15H17N3O5S2. The second kappa shape index (κ2) is 7.08. The van der Waals surface area contributed by atoms with Gasteiger partial charge in [0.15, 0.2) is 0 Å². The average Bonchev–Trinajstić information content (AvgIpc) is 3.16. The quantitative estimate of drug-likeness (QED) is 0.627. The molecule has 0 spiro atoms. The second-order valence-corrected chi connectivity index (χ2v) is 8.30. The molecule has 25 heavy (non-hydrogen) atoms. The third-order valence-corrected chi connectivity index (χ3v) is 6.37. The fourth-order valence-electron chi connectivity index (χ4n) is 2.72. The number of nitrogens with zero attached hydrogens (tertiary/aromatic N) is 2. The van der Waals surface area contributed by atoms with Crippen molar-refractivity contribution < 1.29 is 18.1 Å². The van der Waals surface area contributed by atoms with Crippen molar-refractivity contribution in [1.29, 1.82) is 0 Å². The number of ether oxygens (including phenoxy) is 1. The lowest BCUT2D eigenvalue weighted by atomic mass is 10.2. The zero-order valence-corrected chi connectivity index (χ0v) is 15.0. The molecule has 0 radical (unpaired) electrons. The van der Waals surface area contributed by atoms with Gasteiger partial charge in [-0.15, -0.1) is 11.3 Å². The van der Waals surface area contributed by atoms with E-state index in [0.29, 0.717) is 25.4 Å². The van der Waals surface area contributed by atoms with Gasteiger partial charge in [-0.05, 0) is 30.6 Å². The van der Waals surface area contributed by atoms with Gasteiger partial charge in [-0.2, -0.15) is 0 Å².